The zero-order chi connectivity index (χ0) is 15.1. The van der Waals surface area contributed by atoms with E-state index in [1.54, 1.807) is 11.8 Å². The summed E-state index contributed by atoms with van der Waals surface area (Å²) in [6.45, 7) is 2.09. The quantitative estimate of drug-likeness (QED) is 0.696. The number of thioether (sulfide) groups is 1. The number of hydrogen-bond donors (Lipinski definition) is 1. The van der Waals surface area contributed by atoms with Gasteiger partial charge in [0.2, 0.25) is 0 Å². The number of benzene rings is 1. The van der Waals surface area contributed by atoms with Crippen LogP contribution in [0.25, 0.3) is 0 Å². The number of nitrogens with one attached hydrogen (secondary N) is 1. The van der Waals surface area contributed by atoms with Crippen LogP contribution in [-0.2, 0) is 5.75 Å². The van der Waals surface area contributed by atoms with Crippen LogP contribution in [0.15, 0.2) is 46.4 Å². The van der Waals surface area contributed by atoms with Gasteiger partial charge >= 0.3 is 5.69 Å². The minimum Gasteiger partial charge on any atom is -0.266 e. The van der Waals surface area contributed by atoms with Crippen LogP contribution in [0.1, 0.15) is 30.0 Å². The topological polar surface area (TPSA) is 50.7 Å². The van der Waals surface area contributed by atoms with Crippen molar-refractivity contribution < 1.29 is 0 Å². The van der Waals surface area contributed by atoms with E-state index in [9.17, 15) is 4.79 Å². The molecule has 1 heterocycles. The summed E-state index contributed by atoms with van der Waals surface area (Å²) >= 11 is 1.64. The van der Waals surface area contributed by atoms with Crippen molar-refractivity contribution in [2.45, 2.75) is 36.7 Å². The third-order valence-corrected chi connectivity index (χ3v) is 5.76. The van der Waals surface area contributed by atoms with E-state index in [-0.39, 0.29) is 11.7 Å². The number of aromatic amines is 1. The van der Waals surface area contributed by atoms with E-state index < -0.39 is 0 Å². The third-order valence-electron chi connectivity index (χ3n) is 4.74. The number of aryl methyl sites for hydroxylation is 1. The van der Waals surface area contributed by atoms with Gasteiger partial charge in [-0.1, -0.05) is 53.7 Å². The number of fused-ring (bicyclic) bond motifs is 2. The molecule has 114 valence electrons. The monoisotopic (exact) mass is 313 g/mol. The molecule has 2 aliphatic rings. The summed E-state index contributed by atoms with van der Waals surface area (Å²) in [6.07, 6.45) is 6.82. The predicted molar refractivity (Wildman–Crippen MR) is 88.0 cm³/mol. The highest BCUT2D eigenvalue weighted by molar-refractivity contribution is 7.98. The highest BCUT2D eigenvalue weighted by Crippen LogP contribution is 2.46. The minimum atomic E-state index is -0.0719. The Bertz CT molecular complexity index is 759. The van der Waals surface area contributed by atoms with E-state index >= 15 is 0 Å². The molecule has 1 aromatic carbocycles. The van der Waals surface area contributed by atoms with Crippen molar-refractivity contribution in [3.8, 4) is 0 Å². The Morgan fingerprint density at radius 3 is 2.77 bits per heavy atom. The third kappa shape index (κ3) is 2.43. The fourth-order valence-electron chi connectivity index (χ4n) is 3.57. The second-order valence-corrected chi connectivity index (χ2v) is 7.25. The zero-order valence-electron chi connectivity index (χ0n) is 12.5. The Labute approximate surface area is 133 Å². The molecular formula is C17H19N3OS. The van der Waals surface area contributed by atoms with Gasteiger partial charge < -0.3 is 0 Å². The van der Waals surface area contributed by atoms with Crippen LogP contribution in [0.2, 0.25) is 0 Å². The van der Waals surface area contributed by atoms with Crippen LogP contribution in [0.5, 0.6) is 0 Å². The second kappa shape index (κ2) is 5.47. The number of nitrogens with zero attached hydrogens (tertiary/aromatic N) is 2. The van der Waals surface area contributed by atoms with Crippen LogP contribution in [-0.4, -0.2) is 14.8 Å². The molecule has 0 amide bonds. The molecule has 22 heavy (non-hydrogen) atoms. The second-order valence-electron chi connectivity index (χ2n) is 6.30. The molecule has 2 bridgehead atoms. The Morgan fingerprint density at radius 1 is 1.27 bits per heavy atom. The smallest absolute Gasteiger partial charge is 0.266 e. The number of H-pyrrole nitrogens is 1. The normalized spacial score (nSPS) is 26.0. The molecule has 0 spiro atoms. The van der Waals surface area contributed by atoms with Gasteiger partial charge in [0, 0.05) is 11.8 Å². The molecule has 2 aliphatic carbocycles. The molecule has 1 saturated carbocycles. The summed E-state index contributed by atoms with van der Waals surface area (Å²) in [7, 11) is 0. The minimum absolute atomic E-state index is 0.0719. The molecule has 0 unspecified atom stereocenters. The van der Waals surface area contributed by atoms with Gasteiger partial charge in [0.15, 0.2) is 5.16 Å². The van der Waals surface area contributed by atoms with E-state index in [1.807, 2.05) is 4.57 Å². The van der Waals surface area contributed by atoms with Crippen molar-refractivity contribution >= 4 is 11.8 Å². The van der Waals surface area contributed by atoms with Crippen LogP contribution in [0, 0.1) is 18.8 Å². The summed E-state index contributed by atoms with van der Waals surface area (Å²) < 4.78 is 1.88. The number of aromatic nitrogens is 3. The average Bonchev–Trinajstić information content (AvgIpc) is 3.22. The Balaban J connectivity index is 1.54. The summed E-state index contributed by atoms with van der Waals surface area (Å²) in [5, 5.41) is 7.69. The first-order chi connectivity index (χ1) is 10.7. The first-order valence-corrected chi connectivity index (χ1v) is 8.73. The lowest BCUT2D eigenvalue weighted by Gasteiger charge is -2.20. The van der Waals surface area contributed by atoms with Crippen molar-refractivity contribution in [3.63, 3.8) is 0 Å². The average molecular weight is 313 g/mol. The number of hydrogen-bond acceptors (Lipinski definition) is 3. The largest absolute Gasteiger partial charge is 0.344 e. The predicted octanol–water partition coefficient (Wildman–Crippen LogP) is 3.31. The van der Waals surface area contributed by atoms with Gasteiger partial charge in [-0.2, -0.15) is 0 Å². The molecule has 2 aromatic rings. The maximum Gasteiger partial charge on any atom is 0.344 e. The molecule has 3 atom stereocenters. The van der Waals surface area contributed by atoms with Crippen LogP contribution >= 0.6 is 11.8 Å². The molecule has 0 radical (unpaired) electrons. The fraction of sp³-hybridized carbons (Fsp3) is 0.412. The van der Waals surface area contributed by atoms with Gasteiger partial charge in [-0.3, -0.25) is 4.57 Å². The maximum absolute atomic E-state index is 12.2. The molecule has 4 nitrogen and oxygen atoms in total. The van der Waals surface area contributed by atoms with Gasteiger partial charge in [-0.15, -0.1) is 5.10 Å². The fourth-order valence-corrected chi connectivity index (χ4v) is 4.52. The first kappa shape index (κ1) is 13.9. The SMILES string of the molecule is Cc1ccc(CSc2n[nH]c(=O)n2[C@H]2C[C@H]3C=C[C@H]2C3)cc1. The first-order valence-electron chi connectivity index (χ1n) is 7.74. The van der Waals surface area contributed by atoms with Crippen molar-refractivity contribution in [3.05, 3.63) is 58.0 Å². The van der Waals surface area contributed by atoms with E-state index in [0.29, 0.717) is 11.8 Å². The molecular weight excluding hydrogens is 294 g/mol. The van der Waals surface area contributed by atoms with E-state index in [2.05, 4.69) is 53.5 Å². The standard InChI is InChI=1S/C17H19N3OS/c1-11-2-4-12(5-3-11)10-22-17-19-18-16(21)20(17)15-9-13-6-7-14(15)8-13/h2-7,13-15H,8-10H2,1H3,(H,18,21)/t13-,14-,15-/m0/s1. The molecule has 1 N–H and O–H groups in total. The Kier molecular flexibility index (Phi) is 3.45. The molecule has 4 rings (SSSR count). The van der Waals surface area contributed by atoms with Crippen molar-refractivity contribution in [2.75, 3.05) is 0 Å². The lowest BCUT2D eigenvalue weighted by molar-refractivity contribution is 0.396. The summed E-state index contributed by atoms with van der Waals surface area (Å²) in [6, 6.07) is 8.79. The maximum atomic E-state index is 12.2. The van der Waals surface area contributed by atoms with Crippen molar-refractivity contribution in [2.24, 2.45) is 11.8 Å². The van der Waals surface area contributed by atoms with Gasteiger partial charge in [0.25, 0.3) is 0 Å². The Morgan fingerprint density at radius 2 is 2.09 bits per heavy atom. The summed E-state index contributed by atoms with van der Waals surface area (Å²) in [5.74, 6) is 1.98. The van der Waals surface area contributed by atoms with Crippen LogP contribution in [0.3, 0.4) is 0 Å². The van der Waals surface area contributed by atoms with Crippen LogP contribution in [0.4, 0.5) is 0 Å². The lowest BCUT2D eigenvalue weighted by Crippen LogP contribution is -2.25. The van der Waals surface area contributed by atoms with Crippen molar-refractivity contribution in [1.82, 2.24) is 14.8 Å². The van der Waals surface area contributed by atoms with Crippen molar-refractivity contribution in [1.29, 1.82) is 0 Å². The van der Waals surface area contributed by atoms with Crippen LogP contribution < -0.4 is 5.69 Å². The molecule has 1 fully saturated rings. The highest BCUT2D eigenvalue weighted by Gasteiger charge is 2.38. The van der Waals surface area contributed by atoms with E-state index in [1.165, 1.54) is 17.5 Å². The zero-order valence-corrected chi connectivity index (χ0v) is 13.3. The molecule has 0 aliphatic heterocycles. The highest BCUT2D eigenvalue weighted by atomic mass is 32.2. The number of allylic oxidation sites excluding steroid dienone is 2. The molecule has 5 heteroatoms. The van der Waals surface area contributed by atoms with E-state index in [4.69, 9.17) is 0 Å². The Hall–Kier alpha value is -1.75. The van der Waals surface area contributed by atoms with Gasteiger partial charge in [-0.05, 0) is 37.2 Å². The molecule has 1 aromatic heterocycles. The number of rotatable bonds is 4. The van der Waals surface area contributed by atoms with Gasteiger partial charge in [-0.25, -0.2) is 9.89 Å². The van der Waals surface area contributed by atoms with Gasteiger partial charge in [0.1, 0.15) is 0 Å². The van der Waals surface area contributed by atoms with Gasteiger partial charge in [0.05, 0.1) is 0 Å². The summed E-state index contributed by atoms with van der Waals surface area (Å²) in [4.78, 5) is 12.2. The molecule has 0 saturated heterocycles. The lowest BCUT2D eigenvalue weighted by atomic mass is 10.0. The summed E-state index contributed by atoms with van der Waals surface area (Å²) in [5.41, 5.74) is 2.45. The van der Waals surface area contributed by atoms with E-state index in [0.717, 1.165) is 17.3 Å².